The molecular formula is C11H17N3O2. The van der Waals surface area contributed by atoms with Crippen LogP contribution in [-0.2, 0) is 16.0 Å². The third kappa shape index (κ3) is 2.75. The van der Waals surface area contributed by atoms with E-state index in [-0.39, 0.29) is 6.10 Å². The molecule has 1 atom stereocenters. The molecule has 1 aromatic heterocycles. The Bertz CT molecular complexity index is 351. The molecule has 5 nitrogen and oxygen atoms in total. The average Bonchev–Trinajstić information content (AvgIpc) is 2.30. The molecule has 1 aromatic rings. The zero-order chi connectivity index (χ0) is 11.4. The SMILES string of the molecule is CNCc1cc(C)nc(C2COCCO2)n1. The highest BCUT2D eigenvalue weighted by atomic mass is 16.6. The molecule has 0 aromatic carbocycles. The fourth-order valence-electron chi connectivity index (χ4n) is 1.71. The zero-order valence-electron chi connectivity index (χ0n) is 9.69. The van der Waals surface area contributed by atoms with E-state index in [9.17, 15) is 0 Å². The van der Waals surface area contributed by atoms with Crippen LogP contribution in [0, 0.1) is 6.92 Å². The van der Waals surface area contributed by atoms with E-state index < -0.39 is 0 Å². The average molecular weight is 223 g/mol. The predicted molar refractivity (Wildman–Crippen MR) is 59.0 cm³/mol. The summed E-state index contributed by atoms with van der Waals surface area (Å²) < 4.78 is 10.9. The minimum atomic E-state index is -0.121. The molecule has 16 heavy (non-hydrogen) atoms. The van der Waals surface area contributed by atoms with Crippen molar-refractivity contribution in [2.75, 3.05) is 26.9 Å². The highest BCUT2D eigenvalue weighted by Gasteiger charge is 2.20. The number of rotatable bonds is 3. The first kappa shape index (κ1) is 11.4. The van der Waals surface area contributed by atoms with Crippen LogP contribution in [0.4, 0.5) is 0 Å². The smallest absolute Gasteiger partial charge is 0.160 e. The summed E-state index contributed by atoms with van der Waals surface area (Å²) in [6.07, 6.45) is -0.121. The van der Waals surface area contributed by atoms with E-state index >= 15 is 0 Å². The van der Waals surface area contributed by atoms with E-state index in [1.54, 1.807) is 0 Å². The first-order chi connectivity index (χ1) is 7.79. The maximum atomic E-state index is 5.58. The van der Waals surface area contributed by atoms with E-state index in [1.807, 2.05) is 20.0 Å². The van der Waals surface area contributed by atoms with Gasteiger partial charge in [-0.25, -0.2) is 9.97 Å². The summed E-state index contributed by atoms with van der Waals surface area (Å²) in [6, 6.07) is 1.98. The minimum absolute atomic E-state index is 0.121. The van der Waals surface area contributed by atoms with Crippen LogP contribution >= 0.6 is 0 Å². The number of aromatic nitrogens is 2. The molecule has 88 valence electrons. The first-order valence-electron chi connectivity index (χ1n) is 5.48. The molecule has 1 saturated heterocycles. The van der Waals surface area contributed by atoms with E-state index in [4.69, 9.17) is 9.47 Å². The number of nitrogens with one attached hydrogen (secondary N) is 1. The van der Waals surface area contributed by atoms with Crippen LogP contribution in [-0.4, -0.2) is 36.8 Å². The maximum absolute atomic E-state index is 5.58. The Morgan fingerprint density at radius 1 is 1.44 bits per heavy atom. The van der Waals surface area contributed by atoms with Gasteiger partial charge in [-0.1, -0.05) is 0 Å². The van der Waals surface area contributed by atoms with Crippen molar-refractivity contribution >= 4 is 0 Å². The van der Waals surface area contributed by atoms with Gasteiger partial charge in [-0.2, -0.15) is 0 Å². The van der Waals surface area contributed by atoms with Gasteiger partial charge in [0.25, 0.3) is 0 Å². The number of nitrogens with zero attached hydrogens (tertiary/aromatic N) is 2. The van der Waals surface area contributed by atoms with Crippen LogP contribution in [0.15, 0.2) is 6.07 Å². The Kier molecular flexibility index (Phi) is 3.82. The Labute approximate surface area is 95.2 Å². The van der Waals surface area contributed by atoms with E-state index in [2.05, 4.69) is 15.3 Å². The van der Waals surface area contributed by atoms with Gasteiger partial charge < -0.3 is 14.8 Å². The van der Waals surface area contributed by atoms with Gasteiger partial charge in [0.05, 0.1) is 25.5 Å². The molecule has 0 amide bonds. The van der Waals surface area contributed by atoms with Gasteiger partial charge in [-0.15, -0.1) is 0 Å². The van der Waals surface area contributed by atoms with Crippen molar-refractivity contribution in [3.8, 4) is 0 Å². The normalized spacial score (nSPS) is 21.0. The van der Waals surface area contributed by atoms with Crippen molar-refractivity contribution in [1.29, 1.82) is 0 Å². The lowest BCUT2D eigenvalue weighted by molar-refractivity contribution is -0.0936. The van der Waals surface area contributed by atoms with Crippen molar-refractivity contribution in [2.45, 2.75) is 19.6 Å². The molecule has 2 heterocycles. The van der Waals surface area contributed by atoms with Crippen LogP contribution < -0.4 is 5.32 Å². The molecule has 0 saturated carbocycles. The number of ether oxygens (including phenoxy) is 2. The Morgan fingerprint density at radius 2 is 2.31 bits per heavy atom. The Balaban J connectivity index is 2.18. The van der Waals surface area contributed by atoms with E-state index in [0.717, 1.165) is 23.8 Å². The highest BCUT2D eigenvalue weighted by molar-refractivity contribution is 5.11. The number of hydrogen-bond acceptors (Lipinski definition) is 5. The molecule has 5 heteroatoms. The van der Waals surface area contributed by atoms with Crippen LogP contribution in [0.25, 0.3) is 0 Å². The molecule has 1 aliphatic rings. The second-order valence-corrected chi connectivity index (χ2v) is 3.82. The minimum Gasteiger partial charge on any atom is -0.376 e. The van der Waals surface area contributed by atoms with Gasteiger partial charge in [0, 0.05) is 12.2 Å². The molecule has 1 unspecified atom stereocenters. The summed E-state index contributed by atoms with van der Waals surface area (Å²) in [5, 5.41) is 3.08. The van der Waals surface area contributed by atoms with Crippen molar-refractivity contribution in [2.24, 2.45) is 0 Å². The summed E-state index contributed by atoms with van der Waals surface area (Å²) in [5.41, 5.74) is 1.95. The fraction of sp³-hybridized carbons (Fsp3) is 0.636. The molecule has 1 aliphatic heterocycles. The molecule has 0 aliphatic carbocycles. The van der Waals surface area contributed by atoms with Crippen molar-refractivity contribution in [3.05, 3.63) is 23.3 Å². The van der Waals surface area contributed by atoms with E-state index in [0.29, 0.717) is 19.8 Å². The Morgan fingerprint density at radius 3 is 3.00 bits per heavy atom. The lowest BCUT2D eigenvalue weighted by Crippen LogP contribution is -2.24. The van der Waals surface area contributed by atoms with Gasteiger partial charge >= 0.3 is 0 Å². The van der Waals surface area contributed by atoms with Crippen molar-refractivity contribution in [3.63, 3.8) is 0 Å². The summed E-state index contributed by atoms with van der Waals surface area (Å²) >= 11 is 0. The number of hydrogen-bond donors (Lipinski definition) is 1. The molecule has 0 bridgehead atoms. The summed E-state index contributed by atoms with van der Waals surface area (Å²) in [6.45, 7) is 4.52. The van der Waals surface area contributed by atoms with E-state index in [1.165, 1.54) is 0 Å². The molecule has 1 fully saturated rings. The first-order valence-corrected chi connectivity index (χ1v) is 5.48. The van der Waals surface area contributed by atoms with Crippen molar-refractivity contribution in [1.82, 2.24) is 15.3 Å². The number of aryl methyl sites for hydroxylation is 1. The largest absolute Gasteiger partial charge is 0.376 e. The standard InChI is InChI=1S/C11H17N3O2/c1-8-5-9(6-12-2)14-11(13-8)10-7-15-3-4-16-10/h5,10,12H,3-4,6-7H2,1-2H3. The van der Waals surface area contributed by atoms with Crippen LogP contribution in [0.2, 0.25) is 0 Å². The van der Waals surface area contributed by atoms with Crippen LogP contribution in [0.5, 0.6) is 0 Å². The molecule has 1 N–H and O–H groups in total. The Hall–Kier alpha value is -1.04. The summed E-state index contributed by atoms with van der Waals surface area (Å²) in [5.74, 6) is 0.727. The van der Waals surface area contributed by atoms with Gasteiger partial charge in [-0.3, -0.25) is 0 Å². The van der Waals surface area contributed by atoms with Gasteiger partial charge in [-0.05, 0) is 20.0 Å². The molecule has 2 rings (SSSR count). The van der Waals surface area contributed by atoms with Gasteiger partial charge in [0.1, 0.15) is 6.10 Å². The maximum Gasteiger partial charge on any atom is 0.160 e. The van der Waals surface area contributed by atoms with Gasteiger partial charge in [0.15, 0.2) is 5.82 Å². The second kappa shape index (κ2) is 5.34. The third-order valence-electron chi connectivity index (χ3n) is 2.39. The lowest BCUT2D eigenvalue weighted by atomic mass is 10.2. The highest BCUT2D eigenvalue weighted by Crippen LogP contribution is 2.17. The van der Waals surface area contributed by atoms with Crippen molar-refractivity contribution < 1.29 is 9.47 Å². The van der Waals surface area contributed by atoms with Crippen LogP contribution in [0.1, 0.15) is 23.3 Å². The fourth-order valence-corrected chi connectivity index (χ4v) is 1.71. The molecule has 0 radical (unpaired) electrons. The lowest BCUT2D eigenvalue weighted by Gasteiger charge is -2.22. The zero-order valence-corrected chi connectivity index (χ0v) is 9.69. The quantitative estimate of drug-likeness (QED) is 0.813. The second-order valence-electron chi connectivity index (χ2n) is 3.82. The topological polar surface area (TPSA) is 56.3 Å². The monoisotopic (exact) mass is 223 g/mol. The van der Waals surface area contributed by atoms with Gasteiger partial charge in [0.2, 0.25) is 0 Å². The predicted octanol–water partition coefficient (Wildman–Crippen LogP) is 0.592. The summed E-state index contributed by atoms with van der Waals surface area (Å²) in [7, 11) is 1.90. The molecule has 0 spiro atoms. The van der Waals surface area contributed by atoms with Crippen LogP contribution in [0.3, 0.4) is 0 Å². The summed E-state index contributed by atoms with van der Waals surface area (Å²) in [4.78, 5) is 8.86. The molecular weight excluding hydrogens is 206 g/mol. The third-order valence-corrected chi connectivity index (χ3v) is 2.39.